The van der Waals surface area contributed by atoms with Crippen LogP contribution in [0.4, 0.5) is 0 Å². The molecule has 0 unspecified atom stereocenters. The molecule has 0 spiro atoms. The summed E-state index contributed by atoms with van der Waals surface area (Å²) in [5, 5.41) is 3.27. The van der Waals surface area contributed by atoms with Gasteiger partial charge in [-0.3, -0.25) is 4.57 Å². The van der Waals surface area contributed by atoms with E-state index in [4.69, 9.17) is 0 Å². The highest BCUT2D eigenvalue weighted by atomic mass is 79.9. The average molecular weight is 398 g/mol. The second kappa shape index (κ2) is 8.73. The van der Waals surface area contributed by atoms with Crippen LogP contribution in [0, 0.1) is 0 Å². The SMILES string of the molecule is CCCCBr.O=c1oc(=O)n(Cc2cscn2)c2ncccc12. The number of alkyl halides is 1. The van der Waals surface area contributed by atoms with Crippen molar-refractivity contribution in [2.75, 3.05) is 5.33 Å². The zero-order valence-electron chi connectivity index (χ0n) is 12.6. The summed E-state index contributed by atoms with van der Waals surface area (Å²) in [4.78, 5) is 31.4. The van der Waals surface area contributed by atoms with E-state index in [1.165, 1.54) is 34.9 Å². The van der Waals surface area contributed by atoms with Gasteiger partial charge in [0.15, 0.2) is 5.65 Å². The van der Waals surface area contributed by atoms with Gasteiger partial charge in [0.05, 0.1) is 17.7 Å². The van der Waals surface area contributed by atoms with Crippen molar-refractivity contribution >= 4 is 38.3 Å². The third-order valence-corrected chi connectivity index (χ3v) is 4.15. The summed E-state index contributed by atoms with van der Waals surface area (Å²) in [5.74, 6) is -0.723. The highest BCUT2D eigenvalue weighted by Crippen LogP contribution is 2.07. The minimum atomic E-state index is -0.723. The van der Waals surface area contributed by atoms with E-state index in [-0.39, 0.29) is 11.9 Å². The van der Waals surface area contributed by atoms with Crippen LogP contribution < -0.4 is 11.4 Å². The third kappa shape index (κ3) is 4.59. The first-order chi connectivity index (χ1) is 11.2. The Hall–Kier alpha value is -1.80. The maximum atomic E-state index is 11.7. The highest BCUT2D eigenvalue weighted by Gasteiger charge is 2.10. The Morgan fingerprint density at radius 2 is 2.17 bits per heavy atom. The first-order valence-electron chi connectivity index (χ1n) is 7.09. The Bertz CT molecular complexity index is 856. The molecule has 0 aliphatic carbocycles. The Labute approximate surface area is 145 Å². The summed E-state index contributed by atoms with van der Waals surface area (Å²) in [6.45, 7) is 2.42. The topological polar surface area (TPSA) is 78.0 Å². The monoisotopic (exact) mass is 397 g/mol. The van der Waals surface area contributed by atoms with Crippen LogP contribution in [-0.4, -0.2) is 19.9 Å². The molecule has 6 nitrogen and oxygen atoms in total. The van der Waals surface area contributed by atoms with Crippen molar-refractivity contribution in [2.24, 2.45) is 0 Å². The van der Waals surface area contributed by atoms with Crippen LogP contribution in [-0.2, 0) is 6.54 Å². The van der Waals surface area contributed by atoms with Gasteiger partial charge in [0.25, 0.3) is 0 Å². The van der Waals surface area contributed by atoms with Crippen LogP contribution in [0.1, 0.15) is 25.5 Å². The van der Waals surface area contributed by atoms with Gasteiger partial charge >= 0.3 is 11.4 Å². The van der Waals surface area contributed by atoms with Crippen molar-refractivity contribution in [2.45, 2.75) is 26.3 Å². The lowest BCUT2D eigenvalue weighted by atomic mass is 10.3. The lowest BCUT2D eigenvalue weighted by molar-refractivity contribution is 0.422. The molecule has 122 valence electrons. The summed E-state index contributed by atoms with van der Waals surface area (Å²) in [5.41, 5.74) is 2.04. The molecule has 0 aromatic carbocycles. The zero-order chi connectivity index (χ0) is 16.7. The number of aromatic nitrogens is 3. The summed E-state index contributed by atoms with van der Waals surface area (Å²) in [6.07, 6.45) is 4.13. The van der Waals surface area contributed by atoms with Gasteiger partial charge in [-0.05, 0) is 18.6 Å². The minimum absolute atomic E-state index is 0.236. The van der Waals surface area contributed by atoms with Gasteiger partial charge in [0.2, 0.25) is 0 Å². The van der Waals surface area contributed by atoms with Crippen LogP contribution in [0.15, 0.2) is 43.2 Å². The van der Waals surface area contributed by atoms with E-state index in [0.717, 1.165) is 11.0 Å². The fraction of sp³-hybridized carbons (Fsp3) is 0.333. The maximum Gasteiger partial charge on any atom is 0.423 e. The molecule has 0 aliphatic heterocycles. The van der Waals surface area contributed by atoms with E-state index in [0.29, 0.717) is 5.65 Å². The molecule has 0 saturated heterocycles. The molecule has 0 fully saturated rings. The number of thiazole rings is 1. The van der Waals surface area contributed by atoms with Crippen molar-refractivity contribution in [3.63, 3.8) is 0 Å². The molecule has 0 aliphatic rings. The Morgan fingerprint density at radius 3 is 2.78 bits per heavy atom. The molecule has 3 aromatic rings. The van der Waals surface area contributed by atoms with Crippen molar-refractivity contribution in [1.29, 1.82) is 0 Å². The standard InChI is InChI=1S/C11H7N3O3S.C4H9Br/c15-10-8-2-1-3-12-9(8)14(11(16)17-10)4-7-5-18-6-13-7;1-2-3-4-5/h1-3,5-6H,4H2;2-4H2,1H3. The lowest BCUT2D eigenvalue weighted by Gasteiger charge is -2.04. The fourth-order valence-electron chi connectivity index (χ4n) is 1.80. The number of nitrogens with zero attached hydrogens (tertiary/aromatic N) is 3. The highest BCUT2D eigenvalue weighted by molar-refractivity contribution is 9.09. The largest absolute Gasteiger partial charge is 0.423 e. The lowest BCUT2D eigenvalue weighted by Crippen LogP contribution is -2.26. The summed E-state index contributed by atoms with van der Waals surface area (Å²) in [6, 6.07) is 3.20. The van der Waals surface area contributed by atoms with Crippen LogP contribution >= 0.6 is 27.3 Å². The predicted octanol–water partition coefficient (Wildman–Crippen LogP) is 3.04. The van der Waals surface area contributed by atoms with Crippen molar-refractivity contribution < 1.29 is 4.42 Å². The first-order valence-corrected chi connectivity index (χ1v) is 9.15. The van der Waals surface area contributed by atoms with Crippen LogP contribution in [0.2, 0.25) is 0 Å². The minimum Gasteiger partial charge on any atom is -0.372 e. The number of halogens is 1. The molecule has 0 amide bonds. The number of hydrogen-bond acceptors (Lipinski definition) is 6. The predicted molar refractivity (Wildman–Crippen MR) is 94.5 cm³/mol. The summed E-state index contributed by atoms with van der Waals surface area (Å²) < 4.78 is 5.96. The molecule has 0 atom stereocenters. The zero-order valence-corrected chi connectivity index (χ0v) is 15.0. The molecule has 3 rings (SSSR count). The van der Waals surface area contributed by atoms with E-state index in [1.807, 2.05) is 5.38 Å². The molecule has 8 heteroatoms. The van der Waals surface area contributed by atoms with Crippen LogP contribution in [0.25, 0.3) is 11.0 Å². The van der Waals surface area contributed by atoms with Crippen LogP contribution in [0.5, 0.6) is 0 Å². The Balaban J connectivity index is 0.000000338. The van der Waals surface area contributed by atoms with E-state index < -0.39 is 11.4 Å². The molecule has 23 heavy (non-hydrogen) atoms. The normalized spacial score (nSPS) is 10.3. The molecular formula is C15H16BrN3O3S. The van der Waals surface area contributed by atoms with Gasteiger partial charge in [-0.15, -0.1) is 11.3 Å². The van der Waals surface area contributed by atoms with Gasteiger partial charge in [-0.2, -0.15) is 0 Å². The number of unbranched alkanes of at least 4 members (excludes halogenated alkanes) is 1. The quantitative estimate of drug-likeness (QED) is 0.632. The van der Waals surface area contributed by atoms with Crippen molar-refractivity contribution in [3.8, 4) is 0 Å². The second-order valence-corrected chi connectivity index (χ2v) is 6.15. The van der Waals surface area contributed by atoms with Gasteiger partial charge in [-0.25, -0.2) is 19.6 Å². The number of rotatable bonds is 4. The molecule has 0 saturated carbocycles. The summed E-state index contributed by atoms with van der Waals surface area (Å²) >= 11 is 4.74. The van der Waals surface area contributed by atoms with Crippen LogP contribution in [0.3, 0.4) is 0 Å². The Kier molecular flexibility index (Phi) is 6.66. The molecule has 0 bridgehead atoms. The van der Waals surface area contributed by atoms with Gasteiger partial charge in [0.1, 0.15) is 5.39 Å². The maximum absolute atomic E-state index is 11.7. The average Bonchev–Trinajstić information content (AvgIpc) is 3.06. The van der Waals surface area contributed by atoms with Crippen molar-refractivity contribution in [3.05, 3.63) is 55.9 Å². The van der Waals surface area contributed by atoms with Crippen molar-refractivity contribution in [1.82, 2.24) is 14.5 Å². The third-order valence-electron chi connectivity index (χ3n) is 2.95. The van der Waals surface area contributed by atoms with E-state index in [2.05, 4.69) is 37.2 Å². The van der Waals surface area contributed by atoms with E-state index in [1.54, 1.807) is 17.6 Å². The number of pyridine rings is 1. The number of hydrogen-bond donors (Lipinski definition) is 0. The molecule has 3 heterocycles. The number of fused-ring (bicyclic) bond motifs is 1. The summed E-state index contributed by atoms with van der Waals surface area (Å²) in [7, 11) is 0. The van der Waals surface area contributed by atoms with E-state index >= 15 is 0 Å². The van der Waals surface area contributed by atoms with Gasteiger partial charge < -0.3 is 4.42 Å². The van der Waals surface area contributed by atoms with E-state index in [9.17, 15) is 9.59 Å². The molecular weight excluding hydrogens is 382 g/mol. The molecule has 0 radical (unpaired) electrons. The molecule has 0 N–H and O–H groups in total. The van der Waals surface area contributed by atoms with Gasteiger partial charge in [0, 0.05) is 16.9 Å². The fourth-order valence-corrected chi connectivity index (χ4v) is 2.91. The molecule has 3 aromatic heterocycles. The van der Waals surface area contributed by atoms with Gasteiger partial charge in [-0.1, -0.05) is 29.3 Å². The Morgan fingerprint density at radius 1 is 1.35 bits per heavy atom. The second-order valence-electron chi connectivity index (χ2n) is 4.64. The smallest absolute Gasteiger partial charge is 0.372 e. The first kappa shape index (κ1) is 17.6.